The summed E-state index contributed by atoms with van der Waals surface area (Å²) in [4.78, 5) is 2.40. The molecule has 11 rings (SSSR count). The van der Waals surface area contributed by atoms with Crippen LogP contribution in [0.2, 0.25) is 0 Å². The van der Waals surface area contributed by atoms with Crippen LogP contribution in [-0.2, 0) is 0 Å². The highest BCUT2D eigenvalue weighted by Crippen LogP contribution is 2.44. The predicted octanol–water partition coefficient (Wildman–Crippen LogP) is 16.6. The molecule has 60 heavy (non-hydrogen) atoms. The van der Waals surface area contributed by atoms with Crippen LogP contribution < -0.4 is 4.90 Å². The third-order valence-corrected chi connectivity index (χ3v) is 11.9. The number of hydrogen-bond donors (Lipinski definition) is 0. The third kappa shape index (κ3) is 6.27. The maximum atomic E-state index is 14.5. The van der Waals surface area contributed by atoms with Gasteiger partial charge in [-0.3, -0.25) is 0 Å². The van der Waals surface area contributed by atoms with E-state index in [1.807, 2.05) is 6.07 Å². The zero-order valence-electron chi connectivity index (χ0n) is 32.8. The lowest BCUT2D eigenvalue weighted by Gasteiger charge is -2.28. The van der Waals surface area contributed by atoms with Gasteiger partial charge in [-0.05, 0) is 142 Å². The summed E-state index contributed by atoms with van der Waals surface area (Å²) >= 11 is 0. The first-order valence-corrected chi connectivity index (χ1v) is 20.4. The number of anilines is 3. The summed E-state index contributed by atoms with van der Waals surface area (Å²) in [7, 11) is 0. The number of fused-ring (bicyclic) bond motifs is 7. The molecule has 0 aromatic heterocycles. The smallest absolute Gasteiger partial charge is 0.123 e. The van der Waals surface area contributed by atoms with Gasteiger partial charge in [-0.25, -0.2) is 4.39 Å². The lowest BCUT2D eigenvalue weighted by molar-refractivity contribution is 0.628. The van der Waals surface area contributed by atoms with E-state index in [1.54, 1.807) is 12.1 Å². The van der Waals surface area contributed by atoms with E-state index in [1.165, 1.54) is 38.4 Å². The molecule has 2 heteroatoms. The van der Waals surface area contributed by atoms with Gasteiger partial charge in [-0.15, -0.1) is 0 Å². The first-order chi connectivity index (χ1) is 29.7. The fraction of sp³-hybridized carbons (Fsp3) is 0. The number of nitrogens with zero attached hydrogens (tertiary/aromatic N) is 1. The van der Waals surface area contributed by atoms with Crippen molar-refractivity contribution in [3.8, 4) is 44.5 Å². The average molecular weight is 768 g/mol. The first kappa shape index (κ1) is 35.4. The molecule has 0 amide bonds. The number of rotatable bonds is 7. The van der Waals surface area contributed by atoms with Crippen molar-refractivity contribution in [2.75, 3.05) is 4.90 Å². The van der Waals surface area contributed by atoms with Gasteiger partial charge in [0.1, 0.15) is 5.82 Å². The summed E-state index contributed by atoms with van der Waals surface area (Å²) in [6.07, 6.45) is 0. The molecule has 0 aliphatic rings. The Morgan fingerprint density at radius 2 is 0.750 bits per heavy atom. The Kier molecular flexibility index (Phi) is 8.75. The predicted molar refractivity (Wildman–Crippen MR) is 253 cm³/mol. The van der Waals surface area contributed by atoms with E-state index in [0.717, 1.165) is 72.3 Å². The molecule has 11 aromatic rings. The van der Waals surface area contributed by atoms with Gasteiger partial charge < -0.3 is 4.90 Å². The number of hydrogen-bond acceptors (Lipinski definition) is 1. The van der Waals surface area contributed by atoms with E-state index >= 15 is 0 Å². The lowest BCUT2D eigenvalue weighted by atomic mass is 9.91. The van der Waals surface area contributed by atoms with Crippen LogP contribution in [0.15, 0.2) is 231 Å². The molecule has 0 radical (unpaired) electrons. The molecule has 0 saturated carbocycles. The Hall–Kier alpha value is -7.81. The number of benzene rings is 11. The Labute approximate surface area is 348 Å². The van der Waals surface area contributed by atoms with Crippen molar-refractivity contribution in [1.29, 1.82) is 0 Å². The van der Waals surface area contributed by atoms with Crippen molar-refractivity contribution in [2.24, 2.45) is 0 Å². The second-order valence-electron chi connectivity index (χ2n) is 15.4. The fourth-order valence-corrected chi connectivity index (χ4v) is 9.08. The summed E-state index contributed by atoms with van der Waals surface area (Å²) in [5.41, 5.74) is 11.8. The molecule has 0 N–H and O–H groups in total. The zero-order valence-corrected chi connectivity index (χ0v) is 32.8. The quantitative estimate of drug-likeness (QED) is 0.146. The minimum Gasteiger partial charge on any atom is -0.310 e. The maximum Gasteiger partial charge on any atom is 0.123 e. The summed E-state index contributed by atoms with van der Waals surface area (Å²) in [6, 6.07) is 81.1. The van der Waals surface area contributed by atoms with Crippen LogP contribution in [0.4, 0.5) is 21.5 Å². The summed E-state index contributed by atoms with van der Waals surface area (Å²) in [6.45, 7) is 0. The molecule has 0 fully saturated rings. The van der Waals surface area contributed by atoms with Crippen LogP contribution in [-0.4, -0.2) is 0 Å². The zero-order chi connectivity index (χ0) is 40.0. The lowest BCUT2D eigenvalue weighted by Crippen LogP contribution is -2.10. The van der Waals surface area contributed by atoms with Crippen LogP contribution in [0.5, 0.6) is 0 Å². The van der Waals surface area contributed by atoms with E-state index in [4.69, 9.17) is 0 Å². The van der Waals surface area contributed by atoms with Crippen LogP contribution in [0.1, 0.15) is 0 Å². The molecular formula is C58H38FN. The van der Waals surface area contributed by atoms with E-state index in [9.17, 15) is 4.39 Å². The standard InChI is InChI=1S/C58H38FN/c59-46-21-11-20-43(35-46)51-27-13-19-42-18-12-26-50(58(42)51)41-28-30-47(31-29-41)60(49-36-44(39-14-3-1-4-15-39)34-45(37-49)40-16-5-2-6-17-40)48-32-33-56-54-24-8-7-22-52(54)53-23-9-10-25-55(53)57(56)38-48/h1-38H. The van der Waals surface area contributed by atoms with Crippen molar-refractivity contribution >= 4 is 60.2 Å². The highest BCUT2D eigenvalue weighted by Gasteiger charge is 2.19. The van der Waals surface area contributed by atoms with Gasteiger partial charge in [0.05, 0.1) is 0 Å². The van der Waals surface area contributed by atoms with Crippen molar-refractivity contribution in [3.05, 3.63) is 236 Å². The second kappa shape index (κ2) is 14.8. The molecule has 0 aliphatic heterocycles. The summed E-state index contributed by atoms with van der Waals surface area (Å²) in [5.74, 6) is -0.243. The maximum absolute atomic E-state index is 14.5. The van der Waals surface area contributed by atoms with Crippen LogP contribution >= 0.6 is 0 Å². The minimum atomic E-state index is -0.243. The van der Waals surface area contributed by atoms with Crippen LogP contribution in [0.25, 0.3) is 87.6 Å². The molecule has 282 valence electrons. The molecule has 0 saturated heterocycles. The molecule has 0 aliphatic carbocycles. The van der Waals surface area contributed by atoms with Crippen molar-refractivity contribution < 1.29 is 4.39 Å². The van der Waals surface area contributed by atoms with Gasteiger partial charge in [0.2, 0.25) is 0 Å². The van der Waals surface area contributed by atoms with E-state index in [-0.39, 0.29) is 5.82 Å². The first-order valence-electron chi connectivity index (χ1n) is 20.4. The van der Waals surface area contributed by atoms with Crippen LogP contribution in [0, 0.1) is 5.82 Å². The molecule has 0 atom stereocenters. The van der Waals surface area contributed by atoms with E-state index in [0.29, 0.717) is 0 Å². The van der Waals surface area contributed by atoms with E-state index in [2.05, 4.69) is 211 Å². The highest BCUT2D eigenvalue weighted by atomic mass is 19.1. The monoisotopic (exact) mass is 767 g/mol. The SMILES string of the molecule is Fc1cccc(-c2cccc3cccc(-c4ccc(N(c5cc(-c6ccccc6)cc(-c6ccccc6)c5)c5ccc6c7ccccc7c7ccccc7c6c5)cc4)c23)c1. The molecule has 0 unspecified atom stereocenters. The highest BCUT2D eigenvalue weighted by molar-refractivity contribution is 6.25. The van der Waals surface area contributed by atoms with Gasteiger partial charge in [-0.2, -0.15) is 0 Å². The van der Waals surface area contributed by atoms with E-state index < -0.39 is 0 Å². The van der Waals surface area contributed by atoms with Gasteiger partial charge in [-0.1, -0.05) is 176 Å². The van der Waals surface area contributed by atoms with Crippen molar-refractivity contribution in [2.45, 2.75) is 0 Å². The largest absolute Gasteiger partial charge is 0.310 e. The molecule has 0 spiro atoms. The molecule has 0 heterocycles. The summed E-state index contributed by atoms with van der Waals surface area (Å²) < 4.78 is 14.5. The Morgan fingerprint density at radius 3 is 1.33 bits per heavy atom. The van der Waals surface area contributed by atoms with Crippen LogP contribution in [0.3, 0.4) is 0 Å². The molecule has 0 bridgehead atoms. The fourth-order valence-electron chi connectivity index (χ4n) is 9.08. The minimum absolute atomic E-state index is 0.243. The molecular weight excluding hydrogens is 730 g/mol. The Bertz CT molecular complexity index is 3270. The topological polar surface area (TPSA) is 3.24 Å². The van der Waals surface area contributed by atoms with Gasteiger partial charge in [0.15, 0.2) is 0 Å². The average Bonchev–Trinajstić information content (AvgIpc) is 3.32. The molecule has 11 aromatic carbocycles. The van der Waals surface area contributed by atoms with Crippen molar-refractivity contribution in [3.63, 3.8) is 0 Å². The Balaban J connectivity index is 1.14. The van der Waals surface area contributed by atoms with Gasteiger partial charge in [0, 0.05) is 17.1 Å². The van der Waals surface area contributed by atoms with Crippen molar-refractivity contribution in [1.82, 2.24) is 0 Å². The Morgan fingerprint density at radius 1 is 0.267 bits per heavy atom. The normalized spacial score (nSPS) is 11.4. The van der Waals surface area contributed by atoms with Gasteiger partial charge >= 0.3 is 0 Å². The van der Waals surface area contributed by atoms with Gasteiger partial charge in [0.25, 0.3) is 0 Å². The molecule has 1 nitrogen and oxygen atoms in total. The summed E-state index contributed by atoms with van der Waals surface area (Å²) in [5, 5.41) is 9.66. The second-order valence-corrected chi connectivity index (χ2v) is 15.4. The third-order valence-electron chi connectivity index (χ3n) is 11.9. The number of halogens is 1.